The molecule has 0 amide bonds. The number of hydrogen-bond donors (Lipinski definition) is 2. The number of hydrogen-bond acceptors (Lipinski definition) is 3. The van der Waals surface area contributed by atoms with Gasteiger partial charge >= 0.3 is 0 Å². The summed E-state index contributed by atoms with van der Waals surface area (Å²) < 4.78 is 26.0. The van der Waals surface area contributed by atoms with Crippen LogP contribution in [0.3, 0.4) is 0 Å². The smallest absolute Gasteiger partial charge is 0.232 e. The first-order valence-corrected chi connectivity index (χ1v) is 7.69. The van der Waals surface area contributed by atoms with E-state index in [4.69, 9.17) is 11.6 Å². The van der Waals surface area contributed by atoms with Crippen molar-refractivity contribution >= 4 is 38.3 Å². The third kappa shape index (κ3) is 3.14. The monoisotopic (exact) mass is 287 g/mol. The standard InChI is InChI=1S/C11H14ClN3O2S/c1-2-3-6-18(16,17)15-8-4-5-9-10(7-8)14-11(12)13-9/h4-5,7,15H,2-3,6H2,1H3,(H,13,14). The van der Waals surface area contributed by atoms with Crippen LogP contribution in [0.1, 0.15) is 19.8 Å². The minimum Gasteiger partial charge on any atom is -0.329 e. The van der Waals surface area contributed by atoms with Crippen LogP contribution in [-0.4, -0.2) is 24.1 Å². The number of nitrogens with zero attached hydrogens (tertiary/aromatic N) is 1. The molecule has 0 atom stereocenters. The first kappa shape index (κ1) is 13.2. The van der Waals surface area contributed by atoms with Crippen LogP contribution in [0.2, 0.25) is 5.28 Å². The van der Waals surface area contributed by atoms with Crippen molar-refractivity contribution in [3.63, 3.8) is 0 Å². The lowest BCUT2D eigenvalue weighted by molar-refractivity contribution is 0.598. The zero-order valence-corrected chi connectivity index (χ0v) is 11.5. The average Bonchev–Trinajstić information content (AvgIpc) is 2.65. The molecule has 0 radical (unpaired) electrons. The number of H-pyrrole nitrogens is 1. The van der Waals surface area contributed by atoms with Crippen LogP contribution in [0.25, 0.3) is 11.0 Å². The van der Waals surface area contributed by atoms with E-state index in [2.05, 4.69) is 14.7 Å². The zero-order valence-electron chi connectivity index (χ0n) is 9.90. The van der Waals surface area contributed by atoms with Gasteiger partial charge in [-0.05, 0) is 36.2 Å². The van der Waals surface area contributed by atoms with Crippen molar-refractivity contribution in [2.75, 3.05) is 10.5 Å². The lowest BCUT2D eigenvalue weighted by Crippen LogP contribution is -2.16. The van der Waals surface area contributed by atoms with Crippen molar-refractivity contribution in [2.24, 2.45) is 0 Å². The number of aromatic nitrogens is 2. The van der Waals surface area contributed by atoms with Crippen LogP contribution < -0.4 is 4.72 Å². The summed E-state index contributed by atoms with van der Waals surface area (Å²) in [5, 5.41) is 0.288. The Morgan fingerprint density at radius 1 is 1.44 bits per heavy atom. The fourth-order valence-corrected chi connectivity index (χ4v) is 3.06. The SMILES string of the molecule is CCCCS(=O)(=O)Nc1ccc2nc(Cl)[nH]c2c1. The van der Waals surface area contributed by atoms with Gasteiger partial charge in [-0.1, -0.05) is 13.3 Å². The second-order valence-electron chi connectivity index (χ2n) is 4.03. The van der Waals surface area contributed by atoms with E-state index in [1.807, 2.05) is 6.92 Å². The third-order valence-electron chi connectivity index (χ3n) is 2.49. The van der Waals surface area contributed by atoms with Crippen molar-refractivity contribution in [3.05, 3.63) is 23.5 Å². The van der Waals surface area contributed by atoms with Gasteiger partial charge in [-0.2, -0.15) is 0 Å². The Labute approximate surface area is 111 Å². The number of aromatic amines is 1. The molecule has 0 fully saturated rings. The summed E-state index contributed by atoms with van der Waals surface area (Å²) in [6.07, 6.45) is 1.49. The topological polar surface area (TPSA) is 74.8 Å². The predicted octanol–water partition coefficient (Wildman–Crippen LogP) is 2.76. The van der Waals surface area contributed by atoms with Gasteiger partial charge in [0.05, 0.1) is 22.5 Å². The molecule has 0 saturated heterocycles. The molecule has 2 N–H and O–H groups in total. The Bertz CT molecular complexity index is 651. The second kappa shape index (κ2) is 5.16. The van der Waals surface area contributed by atoms with Crippen molar-refractivity contribution in [1.29, 1.82) is 0 Å². The summed E-state index contributed by atoms with van der Waals surface area (Å²) in [4.78, 5) is 6.88. The molecule has 0 saturated carbocycles. The number of rotatable bonds is 5. The number of benzene rings is 1. The van der Waals surface area contributed by atoms with Crippen LogP contribution in [0.4, 0.5) is 5.69 Å². The highest BCUT2D eigenvalue weighted by Crippen LogP contribution is 2.20. The molecule has 18 heavy (non-hydrogen) atoms. The lowest BCUT2D eigenvalue weighted by atomic mass is 10.3. The van der Waals surface area contributed by atoms with Gasteiger partial charge in [0.1, 0.15) is 0 Å². The molecule has 98 valence electrons. The van der Waals surface area contributed by atoms with Gasteiger partial charge in [0.15, 0.2) is 0 Å². The maximum Gasteiger partial charge on any atom is 0.232 e. The van der Waals surface area contributed by atoms with Crippen LogP contribution in [0, 0.1) is 0 Å². The summed E-state index contributed by atoms with van der Waals surface area (Å²) >= 11 is 5.73. The molecule has 1 aromatic heterocycles. The van der Waals surface area contributed by atoms with Crippen LogP contribution in [0.15, 0.2) is 18.2 Å². The Hall–Kier alpha value is -1.27. The van der Waals surface area contributed by atoms with E-state index in [1.165, 1.54) is 0 Å². The number of anilines is 1. The molecule has 0 spiro atoms. The molecule has 1 aromatic carbocycles. The molecule has 7 heteroatoms. The van der Waals surface area contributed by atoms with Gasteiger partial charge in [-0.3, -0.25) is 4.72 Å². The largest absolute Gasteiger partial charge is 0.329 e. The van der Waals surface area contributed by atoms with E-state index in [0.717, 1.165) is 6.42 Å². The van der Waals surface area contributed by atoms with E-state index >= 15 is 0 Å². The Morgan fingerprint density at radius 2 is 2.22 bits per heavy atom. The number of unbranched alkanes of at least 4 members (excludes halogenated alkanes) is 1. The van der Waals surface area contributed by atoms with E-state index in [-0.39, 0.29) is 11.0 Å². The molecular weight excluding hydrogens is 274 g/mol. The van der Waals surface area contributed by atoms with E-state index < -0.39 is 10.0 Å². The Kier molecular flexibility index (Phi) is 3.77. The fraction of sp³-hybridized carbons (Fsp3) is 0.364. The minimum absolute atomic E-state index is 0.130. The van der Waals surface area contributed by atoms with Crippen LogP contribution in [0.5, 0.6) is 0 Å². The van der Waals surface area contributed by atoms with Gasteiger partial charge in [-0.25, -0.2) is 13.4 Å². The molecule has 2 aromatic rings. The molecule has 0 bridgehead atoms. The fourth-order valence-electron chi connectivity index (χ4n) is 1.61. The maximum absolute atomic E-state index is 11.7. The number of imidazole rings is 1. The summed E-state index contributed by atoms with van der Waals surface area (Å²) in [7, 11) is -3.28. The van der Waals surface area contributed by atoms with Gasteiger partial charge < -0.3 is 4.98 Å². The van der Waals surface area contributed by atoms with E-state index in [9.17, 15) is 8.42 Å². The first-order chi connectivity index (χ1) is 8.50. The third-order valence-corrected chi connectivity index (χ3v) is 4.04. The quantitative estimate of drug-likeness (QED) is 0.888. The average molecular weight is 288 g/mol. The number of nitrogens with one attached hydrogen (secondary N) is 2. The summed E-state index contributed by atoms with van der Waals surface area (Å²) in [5.41, 5.74) is 1.92. The van der Waals surface area contributed by atoms with Gasteiger partial charge in [0.2, 0.25) is 15.3 Å². The lowest BCUT2D eigenvalue weighted by Gasteiger charge is -2.07. The molecule has 0 aliphatic carbocycles. The van der Waals surface area contributed by atoms with Gasteiger partial charge in [0, 0.05) is 0 Å². The van der Waals surface area contributed by atoms with Gasteiger partial charge in [-0.15, -0.1) is 0 Å². The molecule has 5 nitrogen and oxygen atoms in total. The normalized spacial score (nSPS) is 11.9. The number of sulfonamides is 1. The molecule has 0 aliphatic heterocycles. The highest BCUT2D eigenvalue weighted by Gasteiger charge is 2.10. The maximum atomic E-state index is 11.7. The van der Waals surface area contributed by atoms with Crippen LogP contribution >= 0.6 is 11.6 Å². The Balaban J connectivity index is 2.21. The van der Waals surface area contributed by atoms with E-state index in [1.54, 1.807) is 18.2 Å². The highest BCUT2D eigenvalue weighted by molar-refractivity contribution is 7.92. The predicted molar refractivity (Wildman–Crippen MR) is 73.4 cm³/mol. The molecular formula is C11H14ClN3O2S. The van der Waals surface area contributed by atoms with Crippen molar-refractivity contribution in [1.82, 2.24) is 9.97 Å². The van der Waals surface area contributed by atoms with E-state index in [0.29, 0.717) is 23.1 Å². The summed E-state index contributed by atoms with van der Waals surface area (Å²) in [6.45, 7) is 1.95. The first-order valence-electron chi connectivity index (χ1n) is 5.66. The number of fused-ring (bicyclic) bond motifs is 1. The molecule has 2 rings (SSSR count). The van der Waals surface area contributed by atoms with Crippen molar-refractivity contribution in [2.45, 2.75) is 19.8 Å². The number of halogens is 1. The Morgan fingerprint density at radius 3 is 2.94 bits per heavy atom. The van der Waals surface area contributed by atoms with Crippen molar-refractivity contribution in [3.8, 4) is 0 Å². The minimum atomic E-state index is -3.28. The summed E-state index contributed by atoms with van der Waals surface area (Å²) in [5.74, 6) is 0.130. The molecule has 0 unspecified atom stereocenters. The zero-order chi connectivity index (χ0) is 13.2. The van der Waals surface area contributed by atoms with Crippen molar-refractivity contribution < 1.29 is 8.42 Å². The highest BCUT2D eigenvalue weighted by atomic mass is 35.5. The molecule has 1 heterocycles. The molecule has 0 aliphatic rings. The van der Waals surface area contributed by atoms with Gasteiger partial charge in [0.25, 0.3) is 0 Å². The van der Waals surface area contributed by atoms with Crippen LogP contribution in [-0.2, 0) is 10.0 Å². The summed E-state index contributed by atoms with van der Waals surface area (Å²) in [6, 6.07) is 5.07. The second-order valence-corrected chi connectivity index (χ2v) is 6.23.